The highest BCUT2D eigenvalue weighted by Crippen LogP contribution is 2.31. The van der Waals surface area contributed by atoms with E-state index in [1.807, 2.05) is 12.1 Å². The first-order valence-corrected chi connectivity index (χ1v) is 8.63. The molecule has 1 aliphatic heterocycles. The smallest absolute Gasteiger partial charge is 0.270 e. The molecule has 0 amide bonds. The largest absolute Gasteiger partial charge is 0.372 e. The second-order valence-electron chi connectivity index (χ2n) is 5.66. The lowest BCUT2D eigenvalue weighted by atomic mass is 10.1. The summed E-state index contributed by atoms with van der Waals surface area (Å²) in [6, 6.07) is 12.4. The molecule has 0 N–H and O–H groups in total. The first kappa shape index (κ1) is 16.6. The molecule has 3 rings (SSSR count). The maximum Gasteiger partial charge on any atom is 0.270 e. The fraction of sp³-hybridized carbons (Fsp3) is 0.294. The van der Waals surface area contributed by atoms with Crippen LogP contribution in [0, 0.1) is 10.1 Å². The minimum Gasteiger partial charge on any atom is -0.372 e. The summed E-state index contributed by atoms with van der Waals surface area (Å²) >= 11 is 3.29. The third-order valence-corrected chi connectivity index (χ3v) is 4.62. The van der Waals surface area contributed by atoms with Crippen molar-refractivity contribution in [3.8, 4) is 0 Å². The molecule has 7 heteroatoms. The molecule has 24 heavy (non-hydrogen) atoms. The molecule has 0 bridgehead atoms. The molecule has 124 valence electrons. The fourth-order valence-corrected chi connectivity index (χ4v) is 3.13. The Bertz CT molecular complexity index is 756. The van der Waals surface area contributed by atoms with Gasteiger partial charge in [-0.05, 0) is 65.5 Å². The van der Waals surface area contributed by atoms with Crippen molar-refractivity contribution < 1.29 is 4.92 Å². The van der Waals surface area contributed by atoms with Crippen molar-refractivity contribution in [3.05, 3.63) is 57.1 Å². The number of hydrogen-bond donors (Lipinski definition) is 0. The van der Waals surface area contributed by atoms with Crippen LogP contribution in [-0.2, 0) is 0 Å². The molecule has 0 aromatic heterocycles. The summed E-state index contributed by atoms with van der Waals surface area (Å²) in [7, 11) is 0. The molecule has 1 heterocycles. The quantitative estimate of drug-likeness (QED) is 0.379. The van der Waals surface area contributed by atoms with E-state index in [0.717, 1.165) is 18.8 Å². The number of azo groups is 1. The molecule has 6 nitrogen and oxygen atoms in total. The van der Waals surface area contributed by atoms with Crippen molar-refractivity contribution in [1.29, 1.82) is 0 Å². The molecule has 0 radical (unpaired) electrons. The molecule has 2 aromatic rings. The molecule has 2 aromatic carbocycles. The molecule has 0 spiro atoms. The van der Waals surface area contributed by atoms with Crippen LogP contribution in [0.4, 0.5) is 22.7 Å². The maximum atomic E-state index is 10.7. The van der Waals surface area contributed by atoms with E-state index in [4.69, 9.17) is 0 Å². The minimum atomic E-state index is -0.439. The van der Waals surface area contributed by atoms with Gasteiger partial charge in [0.15, 0.2) is 0 Å². The Labute approximate surface area is 148 Å². The number of non-ortho nitro benzene ring substituents is 1. The zero-order valence-corrected chi connectivity index (χ0v) is 14.6. The predicted octanol–water partition coefficient (Wildman–Crippen LogP) is 5.76. The van der Waals surface area contributed by atoms with Crippen molar-refractivity contribution in [1.82, 2.24) is 0 Å². The lowest BCUT2D eigenvalue weighted by Crippen LogP contribution is -2.29. The number of hydrogen-bond acceptors (Lipinski definition) is 5. The number of nitrogens with zero attached hydrogens (tertiary/aromatic N) is 4. The summed E-state index contributed by atoms with van der Waals surface area (Å²) < 4.78 is 0.547. The molecule has 0 aliphatic carbocycles. The van der Waals surface area contributed by atoms with Crippen molar-refractivity contribution in [2.75, 3.05) is 18.0 Å². The van der Waals surface area contributed by atoms with Gasteiger partial charge in [0.05, 0.1) is 15.1 Å². The highest BCUT2D eigenvalue weighted by molar-refractivity contribution is 9.10. The first-order valence-electron chi connectivity index (χ1n) is 7.84. The van der Waals surface area contributed by atoms with Crippen LogP contribution in [0.2, 0.25) is 0 Å². The number of halogens is 1. The standard InChI is InChI=1S/C17H17BrN4O2/c18-16-12-15(22(23)24)8-9-17(16)20-19-13-4-6-14(7-5-13)21-10-2-1-3-11-21/h4-9,12H,1-3,10-11H2. The van der Waals surface area contributed by atoms with Gasteiger partial charge in [-0.25, -0.2) is 0 Å². The van der Waals surface area contributed by atoms with Gasteiger partial charge in [0.2, 0.25) is 0 Å². The van der Waals surface area contributed by atoms with E-state index in [9.17, 15) is 10.1 Å². The topological polar surface area (TPSA) is 71.1 Å². The second-order valence-corrected chi connectivity index (χ2v) is 6.51. The summed E-state index contributed by atoms with van der Waals surface area (Å²) in [6.45, 7) is 2.22. The van der Waals surface area contributed by atoms with Gasteiger partial charge in [0, 0.05) is 30.9 Å². The Morgan fingerprint density at radius 3 is 2.33 bits per heavy atom. The van der Waals surface area contributed by atoms with Crippen LogP contribution in [0.25, 0.3) is 0 Å². The Balaban J connectivity index is 1.71. The van der Waals surface area contributed by atoms with E-state index in [0.29, 0.717) is 10.2 Å². The SMILES string of the molecule is O=[N+]([O-])c1ccc(N=Nc2ccc(N3CCCCC3)cc2)c(Br)c1. The zero-order valence-electron chi connectivity index (χ0n) is 13.1. The van der Waals surface area contributed by atoms with E-state index < -0.39 is 4.92 Å². The second kappa shape index (κ2) is 7.53. The third kappa shape index (κ3) is 3.97. The number of nitro groups is 1. The van der Waals surface area contributed by atoms with Crippen LogP contribution in [-0.4, -0.2) is 18.0 Å². The van der Waals surface area contributed by atoms with Crippen LogP contribution in [0.1, 0.15) is 19.3 Å². The molecule has 1 saturated heterocycles. The van der Waals surface area contributed by atoms with Gasteiger partial charge in [0.1, 0.15) is 5.69 Å². The Morgan fingerprint density at radius 2 is 1.71 bits per heavy atom. The van der Waals surface area contributed by atoms with Crippen LogP contribution in [0.3, 0.4) is 0 Å². The van der Waals surface area contributed by atoms with Gasteiger partial charge in [-0.1, -0.05) is 0 Å². The lowest BCUT2D eigenvalue weighted by molar-refractivity contribution is -0.384. The van der Waals surface area contributed by atoms with Crippen LogP contribution in [0.5, 0.6) is 0 Å². The van der Waals surface area contributed by atoms with E-state index in [-0.39, 0.29) is 5.69 Å². The molecule has 0 atom stereocenters. The minimum absolute atomic E-state index is 0.0201. The highest BCUT2D eigenvalue weighted by Gasteiger charge is 2.11. The summed E-state index contributed by atoms with van der Waals surface area (Å²) in [5, 5.41) is 19.1. The normalized spacial score (nSPS) is 15.0. The average molecular weight is 389 g/mol. The third-order valence-electron chi connectivity index (χ3n) is 3.99. The summed E-state index contributed by atoms with van der Waals surface area (Å²) in [6.07, 6.45) is 3.80. The monoisotopic (exact) mass is 388 g/mol. The van der Waals surface area contributed by atoms with E-state index >= 15 is 0 Å². The zero-order chi connectivity index (χ0) is 16.9. The van der Waals surface area contributed by atoms with Crippen LogP contribution < -0.4 is 4.90 Å². The van der Waals surface area contributed by atoms with Crippen LogP contribution >= 0.6 is 15.9 Å². The Hall–Kier alpha value is -2.28. The van der Waals surface area contributed by atoms with Crippen molar-refractivity contribution in [3.63, 3.8) is 0 Å². The van der Waals surface area contributed by atoms with E-state index in [1.165, 1.54) is 37.1 Å². The van der Waals surface area contributed by atoms with Crippen molar-refractivity contribution in [2.24, 2.45) is 10.2 Å². The van der Waals surface area contributed by atoms with Gasteiger partial charge in [0.25, 0.3) is 5.69 Å². The Morgan fingerprint density at radius 1 is 1.00 bits per heavy atom. The number of rotatable bonds is 4. The van der Waals surface area contributed by atoms with E-state index in [2.05, 4.69) is 43.2 Å². The molecular weight excluding hydrogens is 372 g/mol. The van der Waals surface area contributed by atoms with Crippen LogP contribution in [0.15, 0.2) is 57.2 Å². The molecular formula is C17H17BrN4O2. The maximum absolute atomic E-state index is 10.7. The van der Waals surface area contributed by atoms with Gasteiger partial charge < -0.3 is 4.90 Å². The lowest BCUT2D eigenvalue weighted by Gasteiger charge is -2.28. The molecule has 1 fully saturated rings. The Kier molecular flexibility index (Phi) is 5.20. The van der Waals surface area contributed by atoms with Gasteiger partial charge >= 0.3 is 0 Å². The first-order chi connectivity index (χ1) is 11.6. The molecule has 1 aliphatic rings. The highest BCUT2D eigenvalue weighted by atomic mass is 79.9. The predicted molar refractivity (Wildman–Crippen MR) is 97.5 cm³/mol. The van der Waals surface area contributed by atoms with Crippen molar-refractivity contribution in [2.45, 2.75) is 19.3 Å². The number of anilines is 1. The van der Waals surface area contributed by atoms with Gasteiger partial charge in [-0.3, -0.25) is 10.1 Å². The molecule has 0 unspecified atom stereocenters. The number of piperidine rings is 1. The summed E-state index contributed by atoms with van der Waals surface area (Å²) in [5.41, 5.74) is 2.54. The molecule has 0 saturated carbocycles. The van der Waals surface area contributed by atoms with E-state index in [1.54, 1.807) is 6.07 Å². The average Bonchev–Trinajstić information content (AvgIpc) is 2.62. The number of benzene rings is 2. The summed E-state index contributed by atoms with van der Waals surface area (Å²) in [5.74, 6) is 0. The number of nitro benzene ring substituents is 1. The van der Waals surface area contributed by atoms with Crippen molar-refractivity contribution >= 4 is 38.7 Å². The fourth-order valence-electron chi connectivity index (χ4n) is 2.68. The summed E-state index contributed by atoms with van der Waals surface area (Å²) in [4.78, 5) is 12.7. The van der Waals surface area contributed by atoms with Gasteiger partial charge in [-0.15, -0.1) is 5.11 Å². The van der Waals surface area contributed by atoms with Gasteiger partial charge in [-0.2, -0.15) is 5.11 Å².